The molecule has 0 bridgehead atoms. The van der Waals surface area contributed by atoms with E-state index in [2.05, 4.69) is 5.10 Å². The average molecular weight is 464 g/mol. The van der Waals surface area contributed by atoms with Gasteiger partial charge in [-0.3, -0.25) is 0 Å². The van der Waals surface area contributed by atoms with Crippen LogP contribution in [0.1, 0.15) is 56.7 Å². The molecule has 1 aromatic heterocycles. The smallest absolute Gasteiger partial charge is 0.157 e. The highest BCUT2D eigenvalue weighted by atomic mass is 35.5. The fourth-order valence-corrected chi connectivity index (χ4v) is 4.29. The van der Waals surface area contributed by atoms with Gasteiger partial charge in [0.05, 0.1) is 29.5 Å². The number of hydrogen-bond acceptors (Lipinski definition) is 6. The molecule has 1 aromatic carbocycles. The first-order valence-electron chi connectivity index (χ1n) is 11.1. The number of benzene rings is 1. The molecule has 2 unspecified atom stereocenters. The van der Waals surface area contributed by atoms with Crippen molar-refractivity contribution in [1.82, 2.24) is 9.78 Å². The van der Waals surface area contributed by atoms with Crippen LogP contribution in [0.4, 0.5) is 4.39 Å². The lowest BCUT2D eigenvalue weighted by molar-refractivity contribution is -0.163. The van der Waals surface area contributed by atoms with E-state index in [0.717, 1.165) is 51.2 Å². The molecular formula is C23H27ClFN3O4. The van der Waals surface area contributed by atoms with Gasteiger partial charge in [0.2, 0.25) is 0 Å². The van der Waals surface area contributed by atoms with Gasteiger partial charge in [-0.05, 0) is 50.7 Å². The monoisotopic (exact) mass is 463 g/mol. The van der Waals surface area contributed by atoms with Crippen molar-refractivity contribution in [2.24, 2.45) is 0 Å². The SMILES string of the molecule is N#Cc1c(F)cc(Cl)c(OCCCOC2CCCCO2)c1-c1ccnn1C1CCCCO1. The second-order valence-electron chi connectivity index (χ2n) is 7.88. The highest BCUT2D eigenvalue weighted by Gasteiger charge is 2.26. The normalized spacial score (nSPS) is 21.3. The number of ether oxygens (including phenoxy) is 4. The third-order valence-corrected chi connectivity index (χ3v) is 5.91. The average Bonchev–Trinajstić information content (AvgIpc) is 3.30. The van der Waals surface area contributed by atoms with Crippen molar-refractivity contribution in [3.63, 3.8) is 0 Å². The highest BCUT2D eigenvalue weighted by molar-refractivity contribution is 6.32. The van der Waals surface area contributed by atoms with Gasteiger partial charge in [0.25, 0.3) is 0 Å². The van der Waals surface area contributed by atoms with Crippen LogP contribution in [0.25, 0.3) is 11.3 Å². The Labute approximate surface area is 192 Å². The third-order valence-electron chi connectivity index (χ3n) is 5.63. The van der Waals surface area contributed by atoms with E-state index in [0.29, 0.717) is 37.5 Å². The van der Waals surface area contributed by atoms with Crippen molar-refractivity contribution in [2.75, 3.05) is 26.4 Å². The summed E-state index contributed by atoms with van der Waals surface area (Å²) in [5.41, 5.74) is 0.700. The molecule has 0 N–H and O–H groups in total. The van der Waals surface area contributed by atoms with Gasteiger partial charge < -0.3 is 18.9 Å². The van der Waals surface area contributed by atoms with Crippen LogP contribution < -0.4 is 4.74 Å². The minimum absolute atomic E-state index is 0.102. The molecular weight excluding hydrogens is 437 g/mol. The number of rotatable bonds is 8. The van der Waals surface area contributed by atoms with Crippen LogP contribution >= 0.6 is 11.6 Å². The largest absolute Gasteiger partial charge is 0.491 e. The Balaban J connectivity index is 1.53. The zero-order chi connectivity index (χ0) is 22.3. The molecule has 0 spiro atoms. The molecule has 2 atom stereocenters. The van der Waals surface area contributed by atoms with Crippen molar-refractivity contribution in [2.45, 2.75) is 57.5 Å². The van der Waals surface area contributed by atoms with Gasteiger partial charge in [0.15, 0.2) is 12.5 Å². The quantitative estimate of drug-likeness (QED) is 0.499. The second kappa shape index (κ2) is 11.1. The van der Waals surface area contributed by atoms with E-state index in [1.807, 2.05) is 6.07 Å². The lowest BCUT2D eigenvalue weighted by atomic mass is 10.0. The molecule has 9 heteroatoms. The minimum atomic E-state index is -0.699. The van der Waals surface area contributed by atoms with Crippen LogP contribution in [0.5, 0.6) is 5.75 Å². The predicted octanol–water partition coefficient (Wildman–Crippen LogP) is 5.23. The number of aromatic nitrogens is 2. The first kappa shape index (κ1) is 23.0. The Morgan fingerprint density at radius 2 is 2.00 bits per heavy atom. The first-order chi connectivity index (χ1) is 15.7. The molecule has 2 aromatic rings. The zero-order valence-corrected chi connectivity index (χ0v) is 18.7. The summed E-state index contributed by atoms with van der Waals surface area (Å²) in [6, 6.07) is 4.79. The minimum Gasteiger partial charge on any atom is -0.491 e. The summed E-state index contributed by atoms with van der Waals surface area (Å²) in [6.45, 7) is 2.12. The molecule has 2 saturated heterocycles. The molecule has 32 heavy (non-hydrogen) atoms. The molecule has 0 saturated carbocycles. The lowest BCUT2D eigenvalue weighted by Gasteiger charge is -2.25. The van der Waals surface area contributed by atoms with E-state index in [1.165, 1.54) is 0 Å². The third kappa shape index (κ3) is 5.24. The van der Waals surface area contributed by atoms with Crippen molar-refractivity contribution in [3.05, 3.63) is 34.7 Å². The first-order valence-corrected chi connectivity index (χ1v) is 11.5. The summed E-state index contributed by atoms with van der Waals surface area (Å²) in [6.07, 6.45) is 7.61. The van der Waals surface area contributed by atoms with E-state index >= 15 is 0 Å². The van der Waals surface area contributed by atoms with Crippen LogP contribution in [0.2, 0.25) is 5.02 Å². The Hall–Kier alpha value is -2.18. The van der Waals surface area contributed by atoms with Crippen LogP contribution in [-0.4, -0.2) is 42.5 Å². The maximum Gasteiger partial charge on any atom is 0.157 e. The van der Waals surface area contributed by atoms with Gasteiger partial charge in [-0.1, -0.05) is 11.6 Å². The Morgan fingerprint density at radius 3 is 2.72 bits per heavy atom. The van der Waals surface area contributed by atoms with E-state index in [4.69, 9.17) is 30.5 Å². The Kier molecular flexibility index (Phi) is 7.98. The molecule has 0 aliphatic carbocycles. The van der Waals surface area contributed by atoms with Gasteiger partial charge in [0.1, 0.15) is 23.2 Å². The summed E-state index contributed by atoms with van der Waals surface area (Å²) in [5.74, 6) is -0.439. The summed E-state index contributed by atoms with van der Waals surface area (Å²) in [4.78, 5) is 0. The predicted molar refractivity (Wildman–Crippen MR) is 116 cm³/mol. The van der Waals surface area contributed by atoms with Gasteiger partial charge in [-0.25, -0.2) is 9.07 Å². The van der Waals surface area contributed by atoms with Crippen LogP contribution in [0, 0.1) is 17.1 Å². The van der Waals surface area contributed by atoms with Crippen LogP contribution in [0.15, 0.2) is 18.3 Å². The standard InChI is InChI=1S/C23H27ClFN3O4/c24-17-14-18(25)16(15-26)22(19-8-9-27-28(19)20-6-1-3-10-29-20)23(17)32-13-5-12-31-21-7-2-4-11-30-21/h8-9,14,20-21H,1-7,10-13H2. The molecule has 172 valence electrons. The number of nitriles is 1. The maximum atomic E-state index is 14.6. The fourth-order valence-electron chi connectivity index (χ4n) is 4.05. The topological polar surface area (TPSA) is 78.5 Å². The maximum absolute atomic E-state index is 14.6. The molecule has 4 rings (SSSR count). The number of hydrogen-bond donors (Lipinski definition) is 0. The Bertz CT molecular complexity index is 949. The molecule has 2 aliphatic heterocycles. The summed E-state index contributed by atoms with van der Waals surface area (Å²) in [5, 5.41) is 14.2. The number of nitrogens with zero attached hydrogens (tertiary/aromatic N) is 3. The fraction of sp³-hybridized carbons (Fsp3) is 0.565. The number of halogens is 2. The molecule has 0 radical (unpaired) electrons. The van der Waals surface area contributed by atoms with Gasteiger partial charge in [0, 0.05) is 25.8 Å². The molecule has 2 fully saturated rings. The van der Waals surface area contributed by atoms with E-state index < -0.39 is 5.82 Å². The Morgan fingerprint density at radius 1 is 1.19 bits per heavy atom. The molecule has 2 aliphatic rings. The van der Waals surface area contributed by atoms with Crippen molar-refractivity contribution >= 4 is 11.6 Å². The van der Waals surface area contributed by atoms with Gasteiger partial charge >= 0.3 is 0 Å². The second-order valence-corrected chi connectivity index (χ2v) is 8.29. The zero-order valence-electron chi connectivity index (χ0n) is 17.9. The molecule has 0 amide bonds. The summed E-state index contributed by atoms with van der Waals surface area (Å²) >= 11 is 6.37. The van der Waals surface area contributed by atoms with Crippen molar-refractivity contribution in [3.8, 4) is 23.1 Å². The van der Waals surface area contributed by atoms with Crippen LogP contribution in [0.3, 0.4) is 0 Å². The van der Waals surface area contributed by atoms with E-state index in [9.17, 15) is 9.65 Å². The molecule has 3 heterocycles. The van der Waals surface area contributed by atoms with Crippen molar-refractivity contribution < 1.29 is 23.3 Å². The lowest BCUT2D eigenvalue weighted by Crippen LogP contribution is -2.23. The molecule has 7 nitrogen and oxygen atoms in total. The highest BCUT2D eigenvalue weighted by Crippen LogP contribution is 2.42. The van der Waals surface area contributed by atoms with Gasteiger partial charge in [-0.15, -0.1) is 0 Å². The van der Waals surface area contributed by atoms with Crippen LogP contribution in [-0.2, 0) is 14.2 Å². The van der Waals surface area contributed by atoms with E-state index in [1.54, 1.807) is 16.9 Å². The van der Waals surface area contributed by atoms with Crippen molar-refractivity contribution in [1.29, 1.82) is 5.26 Å². The summed E-state index contributed by atoms with van der Waals surface area (Å²) < 4.78 is 39.4. The summed E-state index contributed by atoms with van der Waals surface area (Å²) in [7, 11) is 0. The van der Waals surface area contributed by atoms with E-state index in [-0.39, 0.29) is 28.9 Å². The van der Waals surface area contributed by atoms with Gasteiger partial charge in [-0.2, -0.15) is 10.4 Å².